The van der Waals surface area contributed by atoms with Crippen molar-refractivity contribution < 1.29 is 0 Å². The molecule has 1 unspecified atom stereocenters. The van der Waals surface area contributed by atoms with Gasteiger partial charge in [0.15, 0.2) is 0 Å². The van der Waals surface area contributed by atoms with Crippen LogP contribution in [-0.4, -0.2) is 41.0 Å². The molecule has 0 spiro atoms. The zero-order chi connectivity index (χ0) is 24.4. The maximum atomic E-state index is 5.34. The number of aromatic nitrogens is 2. The summed E-state index contributed by atoms with van der Waals surface area (Å²) in [5.41, 5.74) is 8.42. The molecule has 180 valence electrons. The Balaban J connectivity index is 1.77. The lowest BCUT2D eigenvalue weighted by Gasteiger charge is -2.49. The zero-order valence-electron chi connectivity index (χ0n) is 21.3. The molecule has 1 aliphatic heterocycles. The Hall–Kier alpha value is -3.21. The molecule has 1 aromatic heterocycles. The van der Waals surface area contributed by atoms with Gasteiger partial charge in [0, 0.05) is 43.4 Å². The second-order valence-corrected chi connectivity index (χ2v) is 9.96. The number of aryl methyl sites for hydroxylation is 3. The van der Waals surface area contributed by atoms with E-state index in [0.29, 0.717) is 0 Å². The Labute approximate surface area is 209 Å². The van der Waals surface area contributed by atoms with E-state index in [9.17, 15) is 0 Å². The number of rotatable bonds is 6. The van der Waals surface area contributed by atoms with E-state index in [-0.39, 0.29) is 11.5 Å². The van der Waals surface area contributed by atoms with Gasteiger partial charge >= 0.3 is 0 Å². The molecule has 35 heavy (non-hydrogen) atoms. The van der Waals surface area contributed by atoms with Crippen molar-refractivity contribution in [1.29, 1.82) is 0 Å². The van der Waals surface area contributed by atoms with E-state index < -0.39 is 0 Å². The summed E-state index contributed by atoms with van der Waals surface area (Å²) in [5.74, 6) is 1.07. The van der Waals surface area contributed by atoms with Gasteiger partial charge in [-0.25, -0.2) is 4.98 Å². The number of nitrogens with zero attached hydrogens (tertiary/aromatic N) is 2. The monoisotopic (exact) mass is 464 g/mol. The van der Waals surface area contributed by atoms with Crippen LogP contribution >= 0.6 is 0 Å². The van der Waals surface area contributed by atoms with E-state index >= 15 is 0 Å². The van der Waals surface area contributed by atoms with E-state index in [4.69, 9.17) is 4.98 Å². The molecule has 5 rings (SSSR count). The highest BCUT2D eigenvalue weighted by Crippen LogP contribution is 2.48. The lowest BCUT2D eigenvalue weighted by Crippen LogP contribution is -2.56. The number of imidazole rings is 1. The maximum Gasteiger partial charge on any atom is 0.137 e. The van der Waals surface area contributed by atoms with Gasteiger partial charge in [-0.3, -0.25) is 4.90 Å². The summed E-state index contributed by atoms with van der Waals surface area (Å²) in [6.45, 7) is 13.0. The first-order chi connectivity index (χ1) is 17.0. The van der Waals surface area contributed by atoms with Crippen molar-refractivity contribution in [3.05, 3.63) is 113 Å². The maximum absolute atomic E-state index is 5.34. The molecule has 2 heterocycles. The van der Waals surface area contributed by atoms with Crippen LogP contribution in [0, 0.1) is 20.8 Å². The number of benzene rings is 3. The number of aromatic amines is 1. The van der Waals surface area contributed by atoms with Gasteiger partial charge in [-0.2, -0.15) is 0 Å². The Bertz CT molecular complexity index is 1240. The molecule has 0 bridgehead atoms. The van der Waals surface area contributed by atoms with E-state index in [1.165, 1.54) is 22.3 Å². The minimum absolute atomic E-state index is 0.133. The second-order valence-electron chi connectivity index (χ2n) is 9.96. The van der Waals surface area contributed by atoms with E-state index in [1.807, 2.05) is 0 Å². The van der Waals surface area contributed by atoms with Gasteiger partial charge < -0.3 is 10.3 Å². The van der Waals surface area contributed by atoms with Gasteiger partial charge in [0.05, 0.1) is 11.2 Å². The summed E-state index contributed by atoms with van der Waals surface area (Å²) in [4.78, 5) is 11.6. The molecular formula is C31H36N4. The molecule has 1 saturated heterocycles. The molecule has 4 heteroatoms. The predicted octanol–water partition coefficient (Wildman–Crippen LogP) is 5.95. The molecule has 0 amide bonds. The molecule has 0 aliphatic carbocycles. The summed E-state index contributed by atoms with van der Waals surface area (Å²) in [7, 11) is 0. The van der Waals surface area contributed by atoms with Crippen LogP contribution in [0.4, 0.5) is 0 Å². The normalized spacial score (nSPS) is 16.4. The van der Waals surface area contributed by atoms with Crippen molar-refractivity contribution in [2.45, 2.75) is 39.2 Å². The van der Waals surface area contributed by atoms with Crippen LogP contribution in [0.5, 0.6) is 0 Å². The SMILES string of the molecule is Cc1ccccc1C(c1ccccc1C)C(C)(c1nc(-c2ccccc2)[nH]c1C)N1CCNCC1. The Morgan fingerprint density at radius 2 is 1.31 bits per heavy atom. The third-order valence-corrected chi connectivity index (χ3v) is 7.75. The molecule has 3 aromatic carbocycles. The first-order valence-corrected chi connectivity index (χ1v) is 12.7. The van der Waals surface area contributed by atoms with E-state index in [0.717, 1.165) is 49.0 Å². The van der Waals surface area contributed by atoms with E-state index in [1.54, 1.807) is 0 Å². The molecule has 4 nitrogen and oxygen atoms in total. The fourth-order valence-corrected chi connectivity index (χ4v) is 5.88. The second kappa shape index (κ2) is 9.80. The smallest absolute Gasteiger partial charge is 0.137 e. The predicted molar refractivity (Wildman–Crippen MR) is 145 cm³/mol. The summed E-state index contributed by atoms with van der Waals surface area (Å²) < 4.78 is 0. The van der Waals surface area contributed by atoms with Crippen LogP contribution in [0.3, 0.4) is 0 Å². The minimum Gasteiger partial charge on any atom is -0.342 e. The number of hydrogen-bond donors (Lipinski definition) is 2. The molecule has 4 aromatic rings. The third kappa shape index (κ3) is 4.33. The van der Waals surface area contributed by atoms with Gasteiger partial charge in [-0.15, -0.1) is 0 Å². The van der Waals surface area contributed by atoms with Gasteiger partial charge in [-0.1, -0.05) is 78.9 Å². The van der Waals surface area contributed by atoms with E-state index in [2.05, 4.69) is 122 Å². The average Bonchev–Trinajstić information content (AvgIpc) is 3.29. The highest BCUT2D eigenvalue weighted by atomic mass is 15.3. The molecule has 1 atom stereocenters. The van der Waals surface area contributed by atoms with Crippen molar-refractivity contribution in [3.63, 3.8) is 0 Å². The number of piperazine rings is 1. The molecule has 0 radical (unpaired) electrons. The lowest BCUT2D eigenvalue weighted by molar-refractivity contribution is 0.0670. The highest BCUT2D eigenvalue weighted by molar-refractivity contribution is 5.57. The number of H-pyrrole nitrogens is 1. The van der Waals surface area contributed by atoms with Crippen LogP contribution in [0.15, 0.2) is 78.9 Å². The zero-order valence-corrected chi connectivity index (χ0v) is 21.3. The topological polar surface area (TPSA) is 44.0 Å². The summed E-state index contributed by atoms with van der Waals surface area (Å²) in [6.07, 6.45) is 0. The number of hydrogen-bond acceptors (Lipinski definition) is 3. The van der Waals surface area contributed by atoms with Crippen molar-refractivity contribution >= 4 is 0 Å². The Morgan fingerprint density at radius 3 is 1.89 bits per heavy atom. The van der Waals surface area contributed by atoms with Crippen LogP contribution < -0.4 is 5.32 Å². The van der Waals surface area contributed by atoms with Crippen molar-refractivity contribution in [2.75, 3.05) is 26.2 Å². The fraction of sp³-hybridized carbons (Fsp3) is 0.323. The molecule has 0 saturated carbocycles. The fourth-order valence-electron chi connectivity index (χ4n) is 5.88. The standard InChI is InChI=1S/C31H36N4/c1-22-12-8-10-16-26(22)28(27-17-11-9-13-23(27)2)31(4,35-20-18-32-19-21-35)29-24(3)33-30(34-29)25-14-6-5-7-15-25/h5-17,28,32H,18-21H2,1-4H3,(H,33,34). The first kappa shape index (κ1) is 23.5. The summed E-state index contributed by atoms with van der Waals surface area (Å²) in [6, 6.07) is 28.2. The van der Waals surface area contributed by atoms with Crippen LogP contribution in [0.1, 0.15) is 46.5 Å². The largest absolute Gasteiger partial charge is 0.342 e. The van der Waals surface area contributed by atoms with Gasteiger partial charge in [0.2, 0.25) is 0 Å². The van der Waals surface area contributed by atoms with Crippen LogP contribution in [-0.2, 0) is 5.54 Å². The Morgan fingerprint density at radius 1 is 0.771 bits per heavy atom. The van der Waals surface area contributed by atoms with Crippen LogP contribution in [0.25, 0.3) is 11.4 Å². The summed E-state index contributed by atoms with van der Waals surface area (Å²) in [5, 5.41) is 3.56. The van der Waals surface area contributed by atoms with Gasteiger partial charge in [0.1, 0.15) is 5.82 Å². The molecule has 1 fully saturated rings. The first-order valence-electron chi connectivity index (χ1n) is 12.7. The van der Waals surface area contributed by atoms with Gasteiger partial charge in [0.25, 0.3) is 0 Å². The third-order valence-electron chi connectivity index (χ3n) is 7.75. The molecule has 1 aliphatic rings. The molecular weight excluding hydrogens is 428 g/mol. The summed E-state index contributed by atoms with van der Waals surface area (Å²) >= 11 is 0. The minimum atomic E-state index is -0.339. The Kier molecular flexibility index (Phi) is 6.59. The van der Waals surface area contributed by atoms with Gasteiger partial charge in [-0.05, 0) is 49.9 Å². The van der Waals surface area contributed by atoms with Crippen molar-refractivity contribution in [3.8, 4) is 11.4 Å². The quantitative estimate of drug-likeness (QED) is 0.370. The highest BCUT2D eigenvalue weighted by Gasteiger charge is 2.47. The van der Waals surface area contributed by atoms with Crippen LogP contribution in [0.2, 0.25) is 0 Å². The lowest BCUT2D eigenvalue weighted by atomic mass is 9.70. The van der Waals surface area contributed by atoms with Crippen molar-refractivity contribution in [1.82, 2.24) is 20.2 Å². The number of nitrogens with one attached hydrogen (secondary N) is 2. The van der Waals surface area contributed by atoms with Crippen molar-refractivity contribution in [2.24, 2.45) is 0 Å². The molecule has 2 N–H and O–H groups in total. The average molecular weight is 465 g/mol.